The van der Waals surface area contributed by atoms with E-state index < -0.39 is 15.3 Å². The van der Waals surface area contributed by atoms with Gasteiger partial charge in [0.05, 0.1) is 17.9 Å². The molecule has 0 amide bonds. The van der Waals surface area contributed by atoms with Gasteiger partial charge in [-0.15, -0.1) is 0 Å². The smallest absolute Gasteiger partial charge is 0.216 e. The average Bonchev–Trinajstić information content (AvgIpc) is 2.46. The molecule has 0 spiro atoms. The van der Waals surface area contributed by atoms with Gasteiger partial charge in [-0.1, -0.05) is 6.92 Å². The molecule has 1 saturated heterocycles. The first-order chi connectivity index (χ1) is 6.41. The van der Waals surface area contributed by atoms with Crippen molar-refractivity contribution >= 4 is 10.0 Å². The van der Waals surface area contributed by atoms with E-state index in [1.54, 1.807) is 13.8 Å². The fourth-order valence-corrected chi connectivity index (χ4v) is 3.38. The first kappa shape index (κ1) is 11.9. The van der Waals surface area contributed by atoms with Crippen molar-refractivity contribution in [3.8, 4) is 0 Å². The van der Waals surface area contributed by atoms with Crippen molar-refractivity contribution in [2.24, 2.45) is 5.92 Å². The van der Waals surface area contributed by atoms with Crippen LogP contribution in [0.4, 0.5) is 0 Å². The molecule has 0 aliphatic carbocycles. The van der Waals surface area contributed by atoms with Gasteiger partial charge in [-0.05, 0) is 26.2 Å². The van der Waals surface area contributed by atoms with Crippen molar-refractivity contribution in [1.29, 1.82) is 0 Å². The van der Waals surface area contributed by atoms with Gasteiger partial charge in [0.1, 0.15) is 0 Å². The monoisotopic (exact) mass is 221 g/mol. The lowest BCUT2D eigenvalue weighted by Crippen LogP contribution is -2.43. The summed E-state index contributed by atoms with van der Waals surface area (Å²) < 4.78 is 25.2. The quantitative estimate of drug-likeness (QED) is 0.752. The van der Waals surface area contributed by atoms with E-state index >= 15 is 0 Å². The van der Waals surface area contributed by atoms with Crippen molar-refractivity contribution < 1.29 is 13.5 Å². The maximum Gasteiger partial charge on any atom is 0.216 e. The Bertz CT molecular complexity index is 286. The van der Waals surface area contributed by atoms with Crippen LogP contribution in [0.15, 0.2) is 0 Å². The van der Waals surface area contributed by atoms with Crippen molar-refractivity contribution in [1.82, 2.24) is 4.31 Å². The highest BCUT2D eigenvalue weighted by Crippen LogP contribution is 2.27. The number of sulfonamides is 1. The van der Waals surface area contributed by atoms with Gasteiger partial charge >= 0.3 is 0 Å². The van der Waals surface area contributed by atoms with Gasteiger partial charge in [-0.3, -0.25) is 0 Å². The first-order valence-electron chi connectivity index (χ1n) is 5.02. The molecular weight excluding hydrogens is 202 g/mol. The number of nitrogens with zero attached hydrogens (tertiary/aromatic N) is 1. The van der Waals surface area contributed by atoms with Crippen LogP contribution in [0.25, 0.3) is 0 Å². The Hall–Kier alpha value is -0.130. The summed E-state index contributed by atoms with van der Waals surface area (Å²) in [6.07, 6.45) is 0.844. The second kappa shape index (κ2) is 4.16. The van der Waals surface area contributed by atoms with Gasteiger partial charge < -0.3 is 5.11 Å². The zero-order valence-electron chi connectivity index (χ0n) is 8.97. The first-order valence-corrected chi connectivity index (χ1v) is 6.53. The molecule has 0 aromatic carbocycles. The molecular formula is C9H19NO3S. The fraction of sp³-hybridized carbons (Fsp3) is 1.00. The topological polar surface area (TPSA) is 57.6 Å². The van der Waals surface area contributed by atoms with Crippen LogP contribution >= 0.6 is 0 Å². The zero-order chi connectivity index (χ0) is 10.9. The maximum absolute atomic E-state index is 11.9. The highest BCUT2D eigenvalue weighted by molar-refractivity contribution is 7.89. The minimum absolute atomic E-state index is 0.0763. The van der Waals surface area contributed by atoms with Crippen molar-refractivity contribution in [2.75, 3.05) is 13.2 Å². The van der Waals surface area contributed by atoms with Crippen LogP contribution in [0, 0.1) is 5.92 Å². The average molecular weight is 221 g/mol. The third-order valence-electron chi connectivity index (χ3n) is 2.94. The molecule has 5 heteroatoms. The Labute approximate surface area is 86.0 Å². The second-order valence-corrected chi connectivity index (χ2v) is 6.66. The molecule has 1 aliphatic rings. The molecule has 0 aromatic rings. The van der Waals surface area contributed by atoms with Crippen molar-refractivity contribution in [2.45, 2.75) is 38.5 Å². The van der Waals surface area contributed by atoms with Crippen LogP contribution in [0.3, 0.4) is 0 Å². The number of hydrogen-bond donors (Lipinski definition) is 1. The second-order valence-electron chi connectivity index (χ2n) is 4.22. The summed E-state index contributed by atoms with van der Waals surface area (Å²) in [6.45, 7) is 5.80. The fourth-order valence-electron chi connectivity index (χ4n) is 1.83. The van der Waals surface area contributed by atoms with Crippen LogP contribution in [-0.4, -0.2) is 42.3 Å². The van der Waals surface area contributed by atoms with Crippen molar-refractivity contribution in [3.63, 3.8) is 0 Å². The predicted molar refractivity (Wildman–Crippen MR) is 55.4 cm³/mol. The summed E-state index contributed by atoms with van der Waals surface area (Å²) in [6, 6.07) is -0.220. The van der Waals surface area contributed by atoms with Crippen LogP contribution in [0.1, 0.15) is 27.2 Å². The van der Waals surface area contributed by atoms with E-state index in [9.17, 15) is 8.42 Å². The SMILES string of the molecule is CC1CCN(S(=O)(=O)C(C)C)C1CO. The summed E-state index contributed by atoms with van der Waals surface area (Å²) in [5.74, 6) is 0.258. The molecule has 0 bridgehead atoms. The number of aliphatic hydroxyl groups is 1. The van der Waals surface area contributed by atoms with Gasteiger partial charge in [0.15, 0.2) is 0 Å². The predicted octanol–water partition coefficient (Wildman–Crippen LogP) is 0.427. The summed E-state index contributed by atoms with van der Waals surface area (Å²) in [5, 5.41) is 8.74. The highest BCUT2D eigenvalue weighted by Gasteiger charge is 2.39. The third-order valence-corrected chi connectivity index (χ3v) is 5.24. The van der Waals surface area contributed by atoms with E-state index in [0.717, 1.165) is 6.42 Å². The van der Waals surface area contributed by atoms with Gasteiger partial charge in [0.25, 0.3) is 0 Å². The van der Waals surface area contributed by atoms with E-state index in [1.165, 1.54) is 4.31 Å². The zero-order valence-corrected chi connectivity index (χ0v) is 9.79. The molecule has 0 saturated carbocycles. The summed E-state index contributed by atoms with van der Waals surface area (Å²) in [4.78, 5) is 0. The van der Waals surface area contributed by atoms with Crippen LogP contribution in [-0.2, 0) is 10.0 Å². The lowest BCUT2D eigenvalue weighted by Gasteiger charge is -2.26. The molecule has 2 unspecified atom stereocenters. The molecule has 1 rings (SSSR count). The standard InChI is InChI=1S/C9H19NO3S/c1-7(2)14(12,13)10-5-4-8(3)9(10)6-11/h7-9,11H,4-6H2,1-3H3. The summed E-state index contributed by atoms with van der Waals surface area (Å²) >= 11 is 0. The molecule has 1 heterocycles. The van der Waals surface area contributed by atoms with E-state index in [-0.39, 0.29) is 18.6 Å². The van der Waals surface area contributed by atoms with Gasteiger partial charge in [0, 0.05) is 6.54 Å². The van der Waals surface area contributed by atoms with E-state index in [4.69, 9.17) is 5.11 Å². The molecule has 1 fully saturated rings. The van der Waals surface area contributed by atoms with E-state index in [1.807, 2.05) is 6.92 Å². The Morgan fingerprint density at radius 2 is 2.07 bits per heavy atom. The van der Waals surface area contributed by atoms with Crippen molar-refractivity contribution in [3.05, 3.63) is 0 Å². The van der Waals surface area contributed by atoms with E-state index in [2.05, 4.69) is 0 Å². The molecule has 1 N–H and O–H groups in total. The molecule has 0 radical (unpaired) electrons. The molecule has 4 nitrogen and oxygen atoms in total. The van der Waals surface area contributed by atoms with Gasteiger partial charge in [0.2, 0.25) is 10.0 Å². The molecule has 2 atom stereocenters. The Kier molecular flexibility index (Phi) is 3.55. The van der Waals surface area contributed by atoms with Gasteiger partial charge in [-0.25, -0.2) is 8.42 Å². The largest absolute Gasteiger partial charge is 0.395 e. The molecule has 84 valence electrons. The lowest BCUT2D eigenvalue weighted by atomic mass is 10.0. The number of rotatable bonds is 3. The van der Waals surface area contributed by atoms with Crippen LogP contribution in [0.2, 0.25) is 0 Å². The Balaban J connectivity index is 2.89. The number of aliphatic hydroxyl groups excluding tert-OH is 1. The molecule has 0 aromatic heterocycles. The minimum Gasteiger partial charge on any atom is -0.395 e. The molecule has 1 aliphatic heterocycles. The van der Waals surface area contributed by atoms with Gasteiger partial charge in [-0.2, -0.15) is 4.31 Å². The normalized spacial score (nSPS) is 30.1. The minimum atomic E-state index is -3.20. The number of hydrogen-bond acceptors (Lipinski definition) is 3. The Morgan fingerprint density at radius 1 is 1.50 bits per heavy atom. The highest BCUT2D eigenvalue weighted by atomic mass is 32.2. The molecule has 14 heavy (non-hydrogen) atoms. The van der Waals surface area contributed by atoms with Crippen LogP contribution in [0.5, 0.6) is 0 Å². The maximum atomic E-state index is 11.9. The summed E-state index contributed by atoms with van der Waals surface area (Å²) in [7, 11) is -3.20. The van der Waals surface area contributed by atoms with Crippen LogP contribution < -0.4 is 0 Å². The Morgan fingerprint density at radius 3 is 2.50 bits per heavy atom. The lowest BCUT2D eigenvalue weighted by molar-refractivity contribution is 0.190. The summed E-state index contributed by atoms with van der Waals surface area (Å²) in [5.41, 5.74) is 0. The van der Waals surface area contributed by atoms with E-state index in [0.29, 0.717) is 6.54 Å². The third kappa shape index (κ3) is 1.94.